The molecule has 128 valence electrons. The van der Waals surface area contributed by atoms with Crippen molar-refractivity contribution >= 4 is 11.6 Å². The lowest BCUT2D eigenvalue weighted by Crippen LogP contribution is -2.12. The fourth-order valence-corrected chi connectivity index (χ4v) is 4.28. The van der Waals surface area contributed by atoms with Gasteiger partial charge in [-0.3, -0.25) is 0 Å². The summed E-state index contributed by atoms with van der Waals surface area (Å²) in [5.74, 6) is 0.741. The molecular weight excluding hydrogens is 328 g/mol. The van der Waals surface area contributed by atoms with Crippen molar-refractivity contribution in [1.82, 2.24) is 9.55 Å². The molecular formula is C22H23ClN2. The number of halogens is 1. The molecule has 25 heavy (non-hydrogen) atoms. The van der Waals surface area contributed by atoms with Gasteiger partial charge < -0.3 is 4.57 Å². The monoisotopic (exact) mass is 350 g/mol. The number of aryl methyl sites for hydroxylation is 1. The molecule has 0 radical (unpaired) electrons. The van der Waals surface area contributed by atoms with E-state index in [9.17, 15) is 0 Å². The first-order valence-electron chi connectivity index (χ1n) is 9.07. The van der Waals surface area contributed by atoms with E-state index in [0.29, 0.717) is 5.15 Å². The van der Waals surface area contributed by atoms with Crippen molar-refractivity contribution in [3.63, 3.8) is 0 Å². The lowest BCUT2D eigenvalue weighted by Gasteiger charge is -2.23. The normalized spacial score (nSPS) is 16.2. The van der Waals surface area contributed by atoms with Gasteiger partial charge in [0.25, 0.3) is 0 Å². The fraction of sp³-hybridized carbons (Fsp3) is 0.318. The highest BCUT2D eigenvalue weighted by atomic mass is 35.5. The molecule has 2 aromatic carbocycles. The van der Waals surface area contributed by atoms with Crippen molar-refractivity contribution in [3.8, 4) is 0 Å². The van der Waals surface area contributed by atoms with E-state index in [2.05, 4.69) is 65.0 Å². The maximum atomic E-state index is 6.10. The molecule has 0 amide bonds. The van der Waals surface area contributed by atoms with Crippen molar-refractivity contribution < 1.29 is 0 Å². The molecule has 0 saturated heterocycles. The van der Waals surface area contributed by atoms with E-state index in [0.717, 1.165) is 5.92 Å². The Bertz CT molecular complexity index is 847. The molecule has 1 fully saturated rings. The van der Waals surface area contributed by atoms with Crippen LogP contribution in [-0.4, -0.2) is 9.55 Å². The van der Waals surface area contributed by atoms with Gasteiger partial charge in [-0.2, -0.15) is 0 Å². The molecule has 1 atom stereocenters. The second-order valence-electron chi connectivity index (χ2n) is 7.05. The van der Waals surface area contributed by atoms with Gasteiger partial charge in [-0.1, -0.05) is 73.0 Å². The minimum Gasteiger partial charge on any atom is -0.324 e. The Hall–Kier alpha value is -2.06. The molecule has 1 aliphatic rings. The maximum absolute atomic E-state index is 6.10. The molecule has 0 aliphatic heterocycles. The number of imidazole rings is 1. The number of hydrogen-bond acceptors (Lipinski definition) is 1. The highest BCUT2D eigenvalue weighted by Crippen LogP contribution is 2.37. The lowest BCUT2D eigenvalue weighted by atomic mass is 9.89. The molecule has 1 aliphatic carbocycles. The van der Waals surface area contributed by atoms with Crippen molar-refractivity contribution in [3.05, 3.63) is 88.5 Å². The summed E-state index contributed by atoms with van der Waals surface area (Å²) in [4.78, 5) is 4.23. The van der Waals surface area contributed by atoms with E-state index in [-0.39, 0.29) is 6.04 Å². The topological polar surface area (TPSA) is 17.8 Å². The Balaban J connectivity index is 1.77. The van der Waals surface area contributed by atoms with Gasteiger partial charge in [-0.15, -0.1) is 0 Å². The third kappa shape index (κ3) is 3.36. The summed E-state index contributed by atoms with van der Waals surface area (Å²) in [6.45, 7) is 2.22. The highest BCUT2D eigenvalue weighted by molar-refractivity contribution is 6.29. The van der Waals surface area contributed by atoms with Crippen LogP contribution in [0.1, 0.15) is 59.9 Å². The molecule has 1 aromatic heterocycles. The number of aromatic nitrogens is 2. The van der Waals surface area contributed by atoms with Gasteiger partial charge in [0.05, 0.1) is 12.4 Å². The van der Waals surface area contributed by atoms with Crippen molar-refractivity contribution in [2.24, 2.45) is 0 Å². The van der Waals surface area contributed by atoms with Crippen LogP contribution >= 0.6 is 11.6 Å². The van der Waals surface area contributed by atoms with Gasteiger partial charge in [0.15, 0.2) is 0 Å². The Morgan fingerprint density at radius 3 is 2.48 bits per heavy atom. The zero-order valence-corrected chi connectivity index (χ0v) is 15.3. The van der Waals surface area contributed by atoms with E-state index >= 15 is 0 Å². The molecule has 3 heteroatoms. The first-order chi connectivity index (χ1) is 12.2. The molecule has 3 aromatic rings. The lowest BCUT2D eigenvalue weighted by molar-refractivity contribution is 0.669. The number of rotatable bonds is 4. The third-order valence-corrected chi connectivity index (χ3v) is 5.59. The second kappa shape index (κ2) is 7.05. The van der Waals surface area contributed by atoms with Gasteiger partial charge in [0, 0.05) is 6.20 Å². The quantitative estimate of drug-likeness (QED) is 0.552. The van der Waals surface area contributed by atoms with E-state index in [1.807, 2.05) is 12.5 Å². The Morgan fingerprint density at radius 2 is 1.84 bits per heavy atom. The van der Waals surface area contributed by atoms with E-state index < -0.39 is 0 Å². The number of hydrogen-bond donors (Lipinski definition) is 0. The van der Waals surface area contributed by atoms with Crippen LogP contribution in [0.4, 0.5) is 0 Å². The van der Waals surface area contributed by atoms with Gasteiger partial charge >= 0.3 is 0 Å². The molecule has 1 unspecified atom stereocenters. The van der Waals surface area contributed by atoms with Crippen molar-refractivity contribution in [1.29, 1.82) is 0 Å². The largest absolute Gasteiger partial charge is 0.324 e. The summed E-state index contributed by atoms with van der Waals surface area (Å²) in [5.41, 5.74) is 5.38. The summed E-state index contributed by atoms with van der Waals surface area (Å²) in [6, 6.07) is 17.7. The second-order valence-corrected chi connectivity index (χ2v) is 7.44. The van der Waals surface area contributed by atoms with Crippen LogP contribution in [0, 0.1) is 6.92 Å². The molecule has 0 spiro atoms. The Labute approximate surface area is 154 Å². The molecule has 4 rings (SSSR count). The average molecular weight is 351 g/mol. The van der Waals surface area contributed by atoms with Crippen LogP contribution in [0.25, 0.3) is 0 Å². The first-order valence-corrected chi connectivity index (χ1v) is 9.44. The van der Waals surface area contributed by atoms with Gasteiger partial charge in [0.1, 0.15) is 5.15 Å². The minimum absolute atomic E-state index is 0.0961. The fourth-order valence-electron chi connectivity index (χ4n) is 4.12. The summed E-state index contributed by atoms with van der Waals surface area (Å²) in [5, 5.41) is 0.529. The molecule has 0 N–H and O–H groups in total. The predicted molar refractivity (Wildman–Crippen MR) is 103 cm³/mol. The van der Waals surface area contributed by atoms with Gasteiger partial charge in [0.2, 0.25) is 0 Å². The first kappa shape index (κ1) is 16.4. The maximum Gasteiger partial charge on any atom is 0.147 e. The van der Waals surface area contributed by atoms with Crippen LogP contribution in [0.2, 0.25) is 5.15 Å². The number of benzene rings is 2. The summed E-state index contributed by atoms with van der Waals surface area (Å²) in [7, 11) is 0. The Morgan fingerprint density at radius 1 is 1.08 bits per heavy atom. The number of nitrogens with zero attached hydrogens (tertiary/aromatic N) is 2. The van der Waals surface area contributed by atoms with Gasteiger partial charge in [-0.25, -0.2) is 4.98 Å². The summed E-state index contributed by atoms with van der Waals surface area (Å²) in [6.07, 6.45) is 9.13. The van der Waals surface area contributed by atoms with Gasteiger partial charge in [-0.05, 0) is 47.9 Å². The minimum atomic E-state index is 0.0961. The Kier molecular flexibility index (Phi) is 4.63. The highest BCUT2D eigenvalue weighted by Gasteiger charge is 2.21. The van der Waals surface area contributed by atoms with E-state index in [1.165, 1.54) is 47.9 Å². The molecule has 2 nitrogen and oxygen atoms in total. The van der Waals surface area contributed by atoms with Crippen molar-refractivity contribution in [2.45, 2.75) is 44.6 Å². The molecule has 0 bridgehead atoms. The molecule has 1 heterocycles. The smallest absolute Gasteiger partial charge is 0.147 e. The van der Waals surface area contributed by atoms with Crippen molar-refractivity contribution in [2.75, 3.05) is 0 Å². The third-order valence-electron chi connectivity index (χ3n) is 5.40. The zero-order chi connectivity index (χ0) is 17.2. The van der Waals surface area contributed by atoms with Crippen LogP contribution in [-0.2, 0) is 0 Å². The average Bonchev–Trinajstić information content (AvgIpc) is 3.30. The van der Waals surface area contributed by atoms with Crippen LogP contribution in [0.5, 0.6) is 0 Å². The van der Waals surface area contributed by atoms with E-state index in [1.54, 1.807) is 0 Å². The molecule has 1 saturated carbocycles. The predicted octanol–water partition coefficient (Wildman–Crippen LogP) is 6.14. The van der Waals surface area contributed by atoms with Crippen LogP contribution in [0.15, 0.2) is 61.1 Å². The summed E-state index contributed by atoms with van der Waals surface area (Å²) < 4.78 is 2.11. The van der Waals surface area contributed by atoms with Crippen LogP contribution in [0.3, 0.4) is 0 Å². The SMILES string of the molecule is Cc1cc(C2CCCC2)ccc1C(c1ccccc1)n1cnc(Cl)c1. The van der Waals surface area contributed by atoms with Crippen LogP contribution < -0.4 is 0 Å². The summed E-state index contributed by atoms with van der Waals surface area (Å²) >= 11 is 6.10. The standard InChI is InChI=1S/C22H23ClN2/c1-16-13-19(17-7-5-6-8-17)11-12-20(16)22(18-9-3-2-4-10-18)25-14-21(23)24-15-25/h2-4,9-15,17,22H,5-8H2,1H3. The van der Waals surface area contributed by atoms with E-state index in [4.69, 9.17) is 11.6 Å². The zero-order valence-electron chi connectivity index (χ0n) is 14.5.